The lowest BCUT2D eigenvalue weighted by atomic mass is 10.3. The molecule has 2 aliphatic heterocycles. The van der Waals surface area contributed by atoms with Crippen LogP contribution in [-0.4, -0.2) is 71.9 Å². The average molecular weight is 257 g/mol. The third-order valence-electron chi connectivity index (χ3n) is 3.12. The molecule has 2 aliphatic rings. The first-order valence-electron chi connectivity index (χ1n) is 6.09. The number of thioether (sulfide) groups is 1. The summed E-state index contributed by atoms with van der Waals surface area (Å²) in [6.45, 7) is 6.34. The molecule has 2 saturated heterocycles. The average Bonchev–Trinajstić information content (AvgIpc) is 2.38. The molecule has 17 heavy (non-hydrogen) atoms. The Balaban J connectivity index is 1.91. The van der Waals surface area contributed by atoms with E-state index in [9.17, 15) is 9.59 Å². The molecule has 0 spiro atoms. The molecule has 2 amide bonds. The maximum Gasteiger partial charge on any atom is 0.312 e. The van der Waals surface area contributed by atoms with Gasteiger partial charge in [0, 0.05) is 50.3 Å². The largest absolute Gasteiger partial charge is 0.333 e. The fourth-order valence-corrected chi connectivity index (χ4v) is 3.15. The number of rotatable bonds is 0. The highest BCUT2D eigenvalue weighted by Crippen LogP contribution is 2.18. The number of piperazine rings is 1. The van der Waals surface area contributed by atoms with Crippen LogP contribution in [0.2, 0.25) is 0 Å². The lowest BCUT2D eigenvalue weighted by Gasteiger charge is -2.33. The van der Waals surface area contributed by atoms with Crippen LogP contribution in [0.25, 0.3) is 0 Å². The van der Waals surface area contributed by atoms with E-state index in [4.69, 9.17) is 0 Å². The SMILES string of the molecule is CC1CN(C(=O)C(=O)N2CCNCC2)CCS1. The maximum atomic E-state index is 12.0. The van der Waals surface area contributed by atoms with Crippen LogP contribution >= 0.6 is 11.8 Å². The number of carbonyl (C=O) groups is 2. The predicted molar refractivity (Wildman–Crippen MR) is 67.9 cm³/mol. The van der Waals surface area contributed by atoms with Crippen LogP contribution in [0.4, 0.5) is 0 Å². The zero-order valence-electron chi connectivity index (χ0n) is 10.1. The van der Waals surface area contributed by atoms with E-state index < -0.39 is 0 Å². The first kappa shape index (κ1) is 12.7. The maximum absolute atomic E-state index is 12.0. The molecule has 96 valence electrons. The zero-order chi connectivity index (χ0) is 12.3. The Morgan fingerprint density at radius 2 is 1.76 bits per heavy atom. The van der Waals surface area contributed by atoms with Gasteiger partial charge in [-0.2, -0.15) is 11.8 Å². The molecule has 1 N–H and O–H groups in total. The lowest BCUT2D eigenvalue weighted by molar-refractivity contribution is -0.152. The van der Waals surface area contributed by atoms with Crippen molar-refractivity contribution in [2.24, 2.45) is 0 Å². The van der Waals surface area contributed by atoms with Crippen molar-refractivity contribution in [1.82, 2.24) is 15.1 Å². The van der Waals surface area contributed by atoms with Gasteiger partial charge in [0.25, 0.3) is 0 Å². The highest BCUT2D eigenvalue weighted by Gasteiger charge is 2.30. The molecule has 0 radical (unpaired) electrons. The Morgan fingerprint density at radius 1 is 1.12 bits per heavy atom. The van der Waals surface area contributed by atoms with E-state index in [1.165, 1.54) is 0 Å². The van der Waals surface area contributed by atoms with E-state index in [1.807, 2.05) is 11.8 Å². The van der Waals surface area contributed by atoms with Gasteiger partial charge in [-0.1, -0.05) is 6.92 Å². The van der Waals surface area contributed by atoms with Gasteiger partial charge in [-0.3, -0.25) is 9.59 Å². The minimum Gasteiger partial charge on any atom is -0.333 e. The van der Waals surface area contributed by atoms with Crippen LogP contribution in [0.1, 0.15) is 6.92 Å². The van der Waals surface area contributed by atoms with Gasteiger partial charge in [-0.25, -0.2) is 0 Å². The van der Waals surface area contributed by atoms with E-state index in [2.05, 4.69) is 12.2 Å². The van der Waals surface area contributed by atoms with Crippen molar-refractivity contribution < 1.29 is 9.59 Å². The van der Waals surface area contributed by atoms with E-state index in [1.54, 1.807) is 9.80 Å². The molecule has 0 saturated carbocycles. The summed E-state index contributed by atoms with van der Waals surface area (Å²) in [5.74, 6) is 0.284. The Bertz CT molecular complexity index is 305. The van der Waals surface area contributed by atoms with Gasteiger partial charge in [0.1, 0.15) is 0 Å². The Hall–Kier alpha value is -0.750. The first-order valence-corrected chi connectivity index (χ1v) is 7.14. The number of carbonyl (C=O) groups excluding carboxylic acids is 2. The summed E-state index contributed by atoms with van der Waals surface area (Å²) in [6, 6.07) is 0. The lowest BCUT2D eigenvalue weighted by Crippen LogP contribution is -2.53. The van der Waals surface area contributed by atoms with Crippen molar-refractivity contribution >= 4 is 23.6 Å². The molecule has 0 aromatic heterocycles. The summed E-state index contributed by atoms with van der Waals surface area (Å²) < 4.78 is 0. The van der Waals surface area contributed by atoms with Crippen molar-refractivity contribution in [3.05, 3.63) is 0 Å². The summed E-state index contributed by atoms with van der Waals surface area (Å²) in [6.07, 6.45) is 0. The van der Waals surface area contributed by atoms with E-state index >= 15 is 0 Å². The Kier molecular flexibility index (Phi) is 4.28. The van der Waals surface area contributed by atoms with Gasteiger partial charge in [0.05, 0.1) is 0 Å². The summed E-state index contributed by atoms with van der Waals surface area (Å²) in [5, 5.41) is 3.61. The summed E-state index contributed by atoms with van der Waals surface area (Å²) in [5.41, 5.74) is 0. The van der Waals surface area contributed by atoms with Crippen LogP contribution in [0.3, 0.4) is 0 Å². The van der Waals surface area contributed by atoms with Crippen LogP contribution in [0, 0.1) is 0 Å². The second-order valence-corrected chi connectivity index (χ2v) is 6.02. The Morgan fingerprint density at radius 3 is 2.41 bits per heavy atom. The third-order valence-corrected chi connectivity index (χ3v) is 4.25. The third kappa shape index (κ3) is 3.13. The van der Waals surface area contributed by atoms with Crippen molar-refractivity contribution in [3.8, 4) is 0 Å². The molecule has 0 bridgehead atoms. The summed E-state index contributed by atoms with van der Waals surface area (Å²) in [7, 11) is 0. The number of amides is 2. The second-order valence-electron chi connectivity index (χ2n) is 4.47. The monoisotopic (exact) mass is 257 g/mol. The van der Waals surface area contributed by atoms with Crippen LogP contribution in [0.15, 0.2) is 0 Å². The van der Waals surface area contributed by atoms with E-state index in [0.717, 1.165) is 18.8 Å². The number of nitrogens with zero attached hydrogens (tertiary/aromatic N) is 2. The van der Waals surface area contributed by atoms with Crippen LogP contribution < -0.4 is 5.32 Å². The minimum atomic E-state index is -0.328. The molecule has 1 atom stereocenters. The second kappa shape index (κ2) is 5.73. The zero-order valence-corrected chi connectivity index (χ0v) is 11.0. The predicted octanol–water partition coefficient (Wildman–Crippen LogP) is -0.618. The molecule has 0 aliphatic carbocycles. The van der Waals surface area contributed by atoms with Crippen molar-refractivity contribution in [2.75, 3.05) is 45.0 Å². The number of hydrogen-bond acceptors (Lipinski definition) is 4. The van der Waals surface area contributed by atoms with Gasteiger partial charge in [0.2, 0.25) is 0 Å². The molecule has 6 heteroatoms. The van der Waals surface area contributed by atoms with Gasteiger partial charge < -0.3 is 15.1 Å². The minimum absolute atomic E-state index is 0.320. The molecule has 2 rings (SSSR count). The van der Waals surface area contributed by atoms with Gasteiger partial charge >= 0.3 is 11.8 Å². The number of hydrogen-bond donors (Lipinski definition) is 1. The number of nitrogens with one attached hydrogen (secondary N) is 1. The van der Waals surface area contributed by atoms with Crippen molar-refractivity contribution in [1.29, 1.82) is 0 Å². The van der Waals surface area contributed by atoms with Crippen LogP contribution in [-0.2, 0) is 9.59 Å². The molecule has 0 aromatic rings. The highest BCUT2D eigenvalue weighted by molar-refractivity contribution is 7.99. The summed E-state index contributed by atoms with van der Waals surface area (Å²) >= 11 is 1.86. The molecule has 0 aromatic carbocycles. The molecule has 5 nitrogen and oxygen atoms in total. The fraction of sp³-hybridized carbons (Fsp3) is 0.818. The normalized spacial score (nSPS) is 25.8. The summed E-state index contributed by atoms with van der Waals surface area (Å²) in [4.78, 5) is 27.4. The first-order chi connectivity index (χ1) is 8.18. The highest BCUT2D eigenvalue weighted by atomic mass is 32.2. The van der Waals surface area contributed by atoms with E-state index in [-0.39, 0.29) is 11.8 Å². The molecule has 1 unspecified atom stereocenters. The smallest absolute Gasteiger partial charge is 0.312 e. The standard InChI is InChI=1S/C11H19N3O2S/c1-9-8-14(6-7-17-9)11(16)10(15)13-4-2-12-3-5-13/h9,12H,2-8H2,1H3. The van der Waals surface area contributed by atoms with Gasteiger partial charge in [-0.15, -0.1) is 0 Å². The van der Waals surface area contributed by atoms with Crippen LogP contribution in [0.5, 0.6) is 0 Å². The molecule has 2 heterocycles. The van der Waals surface area contributed by atoms with E-state index in [0.29, 0.717) is 31.4 Å². The Labute approximate surface area is 106 Å². The topological polar surface area (TPSA) is 52.7 Å². The van der Waals surface area contributed by atoms with Crippen molar-refractivity contribution in [3.63, 3.8) is 0 Å². The van der Waals surface area contributed by atoms with Gasteiger partial charge in [-0.05, 0) is 0 Å². The molecule has 2 fully saturated rings. The quantitative estimate of drug-likeness (QED) is 0.588. The van der Waals surface area contributed by atoms with Crippen molar-refractivity contribution in [2.45, 2.75) is 12.2 Å². The molecular weight excluding hydrogens is 238 g/mol. The molecular formula is C11H19N3O2S. The fourth-order valence-electron chi connectivity index (χ4n) is 2.14. The van der Waals surface area contributed by atoms with Gasteiger partial charge in [0.15, 0.2) is 0 Å².